The fourth-order valence-electron chi connectivity index (χ4n) is 3.53. The van der Waals surface area contributed by atoms with E-state index in [-0.39, 0.29) is 28.6 Å². The Morgan fingerprint density at radius 1 is 1.31 bits per heavy atom. The fourth-order valence-corrected chi connectivity index (χ4v) is 3.53. The minimum absolute atomic E-state index is 0.135. The summed E-state index contributed by atoms with van der Waals surface area (Å²) < 4.78 is 29.2. The maximum Gasteiger partial charge on any atom is 0.336 e. The summed E-state index contributed by atoms with van der Waals surface area (Å²) in [4.78, 5) is 17.0. The van der Waals surface area contributed by atoms with Crippen LogP contribution in [0.2, 0.25) is 0 Å². The molecule has 3 heterocycles. The molecule has 0 amide bonds. The van der Waals surface area contributed by atoms with E-state index in [1.807, 2.05) is 4.90 Å². The highest BCUT2D eigenvalue weighted by atomic mass is 19.1. The van der Waals surface area contributed by atoms with Crippen molar-refractivity contribution in [3.05, 3.63) is 63.5 Å². The second kappa shape index (κ2) is 6.01. The zero-order valence-electron chi connectivity index (χ0n) is 13.9. The molecule has 1 aliphatic rings. The van der Waals surface area contributed by atoms with Crippen molar-refractivity contribution in [2.24, 2.45) is 0 Å². The van der Waals surface area contributed by atoms with Crippen LogP contribution in [-0.2, 0) is 0 Å². The Balaban J connectivity index is 1.80. The molecule has 1 saturated heterocycles. The molecule has 1 atom stereocenters. The molecule has 134 valence electrons. The average molecular weight is 359 g/mol. The van der Waals surface area contributed by atoms with Crippen LogP contribution in [0.4, 0.5) is 20.3 Å². The van der Waals surface area contributed by atoms with Crippen LogP contribution in [-0.4, -0.2) is 26.1 Å². The van der Waals surface area contributed by atoms with E-state index in [1.54, 1.807) is 19.2 Å². The van der Waals surface area contributed by atoms with Crippen molar-refractivity contribution in [1.29, 1.82) is 0 Å². The molecule has 0 N–H and O–H groups in total. The lowest BCUT2D eigenvalue weighted by Gasteiger charge is -2.26. The van der Waals surface area contributed by atoms with E-state index in [4.69, 9.17) is 0 Å². The number of benzene rings is 1. The number of nitrogens with zero attached hydrogens (tertiary/aromatic N) is 5. The van der Waals surface area contributed by atoms with E-state index in [0.717, 1.165) is 18.6 Å². The van der Waals surface area contributed by atoms with Gasteiger partial charge in [0, 0.05) is 18.3 Å². The molecule has 0 radical (unpaired) electrons. The predicted octanol–water partition coefficient (Wildman–Crippen LogP) is 3.57. The summed E-state index contributed by atoms with van der Waals surface area (Å²) in [5, 5.41) is 15.4. The topological polar surface area (TPSA) is 76.6 Å². The quantitative estimate of drug-likeness (QED) is 0.528. The molecule has 9 heteroatoms. The Morgan fingerprint density at radius 2 is 2.12 bits per heavy atom. The van der Waals surface area contributed by atoms with Crippen LogP contribution in [0.25, 0.3) is 5.65 Å². The first-order chi connectivity index (χ1) is 12.5. The van der Waals surface area contributed by atoms with Crippen LogP contribution < -0.4 is 4.90 Å². The van der Waals surface area contributed by atoms with E-state index in [0.29, 0.717) is 18.8 Å². The largest absolute Gasteiger partial charge is 0.349 e. The molecule has 1 aromatic carbocycles. The minimum Gasteiger partial charge on any atom is -0.349 e. The van der Waals surface area contributed by atoms with Gasteiger partial charge in [-0.05, 0) is 44.0 Å². The van der Waals surface area contributed by atoms with Crippen molar-refractivity contribution in [3.8, 4) is 0 Å². The molecular weight excluding hydrogens is 344 g/mol. The molecule has 0 bridgehead atoms. The van der Waals surface area contributed by atoms with Crippen molar-refractivity contribution in [1.82, 2.24) is 14.6 Å². The highest BCUT2D eigenvalue weighted by Crippen LogP contribution is 2.37. The smallest absolute Gasteiger partial charge is 0.336 e. The highest BCUT2D eigenvalue weighted by molar-refractivity contribution is 5.64. The van der Waals surface area contributed by atoms with Gasteiger partial charge in [0.15, 0.2) is 0 Å². The van der Waals surface area contributed by atoms with Gasteiger partial charge in [0.1, 0.15) is 23.1 Å². The first kappa shape index (κ1) is 16.4. The lowest BCUT2D eigenvalue weighted by molar-refractivity contribution is -0.383. The third kappa shape index (κ3) is 2.56. The van der Waals surface area contributed by atoms with Crippen molar-refractivity contribution in [2.75, 3.05) is 11.4 Å². The van der Waals surface area contributed by atoms with Gasteiger partial charge in [-0.25, -0.2) is 18.3 Å². The molecule has 26 heavy (non-hydrogen) atoms. The van der Waals surface area contributed by atoms with E-state index in [9.17, 15) is 18.9 Å². The van der Waals surface area contributed by atoms with Gasteiger partial charge in [0.05, 0.1) is 11.0 Å². The van der Waals surface area contributed by atoms with Gasteiger partial charge in [-0.15, -0.1) is 0 Å². The minimum atomic E-state index is -0.512. The van der Waals surface area contributed by atoms with Crippen molar-refractivity contribution < 1.29 is 13.7 Å². The SMILES string of the molecule is Cc1nn2ccc(N3CCCC3c3cc(F)ccc3F)nc2c1[N+](=O)[O-]. The summed E-state index contributed by atoms with van der Waals surface area (Å²) in [6.07, 6.45) is 3.02. The monoisotopic (exact) mass is 359 g/mol. The lowest BCUT2D eigenvalue weighted by Crippen LogP contribution is -2.24. The van der Waals surface area contributed by atoms with E-state index >= 15 is 0 Å². The standard InChI is InChI=1S/C17H15F2N5O2/c1-10-16(24(25)26)17-20-15(6-8-23(17)21-10)22-7-2-3-14(22)12-9-11(18)4-5-13(12)19/h4-6,8-9,14H,2-3,7H2,1H3. The van der Waals surface area contributed by atoms with Gasteiger partial charge >= 0.3 is 5.69 Å². The van der Waals surface area contributed by atoms with Crippen LogP contribution >= 0.6 is 0 Å². The summed E-state index contributed by atoms with van der Waals surface area (Å²) in [7, 11) is 0. The number of anilines is 1. The fraction of sp³-hybridized carbons (Fsp3) is 0.294. The van der Waals surface area contributed by atoms with Crippen LogP contribution in [0, 0.1) is 28.7 Å². The Bertz CT molecular complexity index is 1020. The second-order valence-electron chi connectivity index (χ2n) is 6.26. The zero-order valence-corrected chi connectivity index (χ0v) is 13.9. The summed E-state index contributed by atoms with van der Waals surface area (Å²) >= 11 is 0. The number of hydrogen-bond donors (Lipinski definition) is 0. The molecule has 1 unspecified atom stereocenters. The molecule has 0 spiro atoms. The first-order valence-corrected chi connectivity index (χ1v) is 8.17. The van der Waals surface area contributed by atoms with Crippen molar-refractivity contribution >= 4 is 17.2 Å². The number of fused-ring (bicyclic) bond motifs is 1. The number of aromatic nitrogens is 3. The van der Waals surface area contributed by atoms with Gasteiger partial charge in [0.25, 0.3) is 0 Å². The van der Waals surface area contributed by atoms with Gasteiger partial charge in [-0.3, -0.25) is 10.1 Å². The maximum atomic E-state index is 14.2. The van der Waals surface area contributed by atoms with Crippen LogP contribution in [0.3, 0.4) is 0 Å². The molecule has 3 aromatic rings. The zero-order chi connectivity index (χ0) is 18.4. The Hall–Kier alpha value is -3.10. The number of nitro groups is 1. The average Bonchev–Trinajstić information content (AvgIpc) is 3.19. The van der Waals surface area contributed by atoms with Crippen LogP contribution in [0.1, 0.15) is 30.1 Å². The van der Waals surface area contributed by atoms with Crippen LogP contribution in [0.15, 0.2) is 30.5 Å². The van der Waals surface area contributed by atoms with Crippen LogP contribution in [0.5, 0.6) is 0 Å². The highest BCUT2D eigenvalue weighted by Gasteiger charge is 2.31. The summed E-state index contributed by atoms with van der Waals surface area (Å²) in [6.45, 7) is 2.15. The lowest BCUT2D eigenvalue weighted by atomic mass is 10.0. The van der Waals surface area contributed by atoms with E-state index in [1.165, 1.54) is 10.6 Å². The van der Waals surface area contributed by atoms with Gasteiger partial charge < -0.3 is 4.90 Å². The molecule has 1 aliphatic heterocycles. The summed E-state index contributed by atoms with van der Waals surface area (Å²) in [5.74, 6) is -0.499. The van der Waals surface area contributed by atoms with E-state index in [2.05, 4.69) is 10.1 Å². The van der Waals surface area contributed by atoms with Gasteiger partial charge in [0.2, 0.25) is 5.65 Å². The number of hydrogen-bond acceptors (Lipinski definition) is 5. The summed E-state index contributed by atoms with van der Waals surface area (Å²) in [6, 6.07) is 4.70. The molecule has 0 aliphatic carbocycles. The van der Waals surface area contributed by atoms with Crippen molar-refractivity contribution in [2.45, 2.75) is 25.8 Å². The maximum absolute atomic E-state index is 14.2. The number of aryl methyl sites for hydroxylation is 1. The molecule has 7 nitrogen and oxygen atoms in total. The Labute approximate surface area is 147 Å². The first-order valence-electron chi connectivity index (χ1n) is 8.17. The van der Waals surface area contributed by atoms with E-state index < -0.39 is 16.6 Å². The molecule has 2 aromatic heterocycles. The molecule has 0 saturated carbocycles. The third-order valence-electron chi connectivity index (χ3n) is 4.66. The van der Waals surface area contributed by atoms with Crippen molar-refractivity contribution in [3.63, 3.8) is 0 Å². The third-order valence-corrected chi connectivity index (χ3v) is 4.66. The molecule has 1 fully saturated rings. The predicted molar refractivity (Wildman–Crippen MR) is 90.1 cm³/mol. The number of halogens is 2. The summed E-state index contributed by atoms with van der Waals surface area (Å²) in [5.41, 5.74) is 0.520. The van der Waals surface area contributed by atoms with Gasteiger partial charge in [-0.1, -0.05) is 0 Å². The second-order valence-corrected chi connectivity index (χ2v) is 6.26. The van der Waals surface area contributed by atoms with Gasteiger partial charge in [-0.2, -0.15) is 5.10 Å². The molecule has 4 rings (SSSR count). The number of rotatable bonds is 3. The molecular formula is C17H15F2N5O2. The normalized spacial score (nSPS) is 17.2. The Morgan fingerprint density at radius 3 is 2.88 bits per heavy atom. The Kier molecular flexibility index (Phi) is 3.78.